The maximum Gasteiger partial charge on any atom is 0.254 e. The van der Waals surface area contributed by atoms with E-state index in [-0.39, 0.29) is 23.3 Å². The molecule has 7 nitrogen and oxygen atoms in total. The molecular weight excluding hydrogens is 526 g/mol. The van der Waals surface area contributed by atoms with Gasteiger partial charge in [-0.2, -0.15) is 0 Å². The molecule has 0 radical (unpaired) electrons. The van der Waals surface area contributed by atoms with E-state index in [2.05, 4.69) is 18.2 Å². The van der Waals surface area contributed by atoms with E-state index in [1.807, 2.05) is 53.4 Å². The van der Waals surface area contributed by atoms with Crippen LogP contribution in [-0.2, 0) is 9.53 Å². The Labute approximate surface area is 242 Å². The number of ether oxygens (including phenoxy) is 1. The molecule has 42 heavy (non-hydrogen) atoms. The van der Waals surface area contributed by atoms with Gasteiger partial charge in [-0.05, 0) is 58.8 Å². The first-order chi connectivity index (χ1) is 20.5. The zero-order valence-electron chi connectivity index (χ0n) is 23.0. The molecule has 1 aromatic heterocycles. The van der Waals surface area contributed by atoms with E-state index in [9.17, 15) is 14.4 Å². The van der Waals surface area contributed by atoms with Crippen molar-refractivity contribution in [1.82, 2.24) is 9.88 Å². The van der Waals surface area contributed by atoms with Gasteiger partial charge in [-0.1, -0.05) is 54.6 Å². The summed E-state index contributed by atoms with van der Waals surface area (Å²) >= 11 is 0. The molecule has 0 bridgehead atoms. The van der Waals surface area contributed by atoms with Gasteiger partial charge in [0.15, 0.2) is 0 Å². The van der Waals surface area contributed by atoms with Crippen molar-refractivity contribution in [1.29, 1.82) is 0 Å². The Bertz CT molecular complexity index is 1950. The Balaban J connectivity index is 1.44. The van der Waals surface area contributed by atoms with Crippen molar-refractivity contribution in [2.24, 2.45) is 0 Å². The predicted molar refractivity (Wildman–Crippen MR) is 163 cm³/mol. The van der Waals surface area contributed by atoms with Gasteiger partial charge < -0.3 is 9.64 Å². The van der Waals surface area contributed by atoms with Gasteiger partial charge in [0.1, 0.15) is 0 Å². The highest BCUT2D eigenvalue weighted by Crippen LogP contribution is 2.38. The molecule has 3 heterocycles. The minimum absolute atomic E-state index is 0.0375. The van der Waals surface area contributed by atoms with Gasteiger partial charge in [-0.3, -0.25) is 19.3 Å². The molecule has 0 unspecified atom stereocenters. The van der Waals surface area contributed by atoms with Gasteiger partial charge >= 0.3 is 0 Å². The summed E-state index contributed by atoms with van der Waals surface area (Å²) in [5.41, 5.74) is 4.89. The average molecular weight is 554 g/mol. The molecule has 206 valence electrons. The second kappa shape index (κ2) is 10.4. The Morgan fingerprint density at radius 1 is 0.810 bits per heavy atom. The fraction of sp³-hybridized carbons (Fsp3) is 0.143. The van der Waals surface area contributed by atoms with E-state index < -0.39 is 0 Å². The Morgan fingerprint density at radius 3 is 2.38 bits per heavy atom. The second-order valence-corrected chi connectivity index (χ2v) is 10.5. The number of hydrogen-bond donors (Lipinski definition) is 0. The number of hydrogen-bond acceptors (Lipinski definition) is 5. The molecular formula is C35H27N3O4. The number of fused-ring (bicyclic) bond motifs is 3. The molecule has 1 saturated heterocycles. The van der Waals surface area contributed by atoms with Gasteiger partial charge in [0.25, 0.3) is 5.91 Å². The number of para-hydroxylation sites is 1. The molecule has 2 amide bonds. The SMILES string of the molecule is CC(=O)N1/C(=C\c2nc3ccc(C(=O)N4CCOCC4)cc3cc2-c2cccc3ccccc23)C(=O)c2ccccc21. The van der Waals surface area contributed by atoms with Crippen LogP contribution in [0.4, 0.5) is 5.69 Å². The molecule has 0 spiro atoms. The van der Waals surface area contributed by atoms with Crippen LogP contribution < -0.4 is 4.90 Å². The predicted octanol–water partition coefficient (Wildman–Crippen LogP) is 6.12. The second-order valence-electron chi connectivity index (χ2n) is 10.5. The summed E-state index contributed by atoms with van der Waals surface area (Å²) in [5, 5.41) is 2.91. The number of ketones is 1. The number of aromatic nitrogens is 1. The third-order valence-corrected chi connectivity index (χ3v) is 7.92. The first-order valence-electron chi connectivity index (χ1n) is 14.0. The molecule has 4 aromatic carbocycles. The zero-order chi connectivity index (χ0) is 28.8. The van der Waals surface area contributed by atoms with Crippen LogP contribution in [0.25, 0.3) is 38.9 Å². The lowest BCUT2D eigenvalue weighted by atomic mass is 9.95. The lowest BCUT2D eigenvalue weighted by molar-refractivity contribution is -0.116. The van der Waals surface area contributed by atoms with Crippen molar-refractivity contribution in [2.75, 3.05) is 31.2 Å². The maximum atomic E-state index is 13.6. The summed E-state index contributed by atoms with van der Waals surface area (Å²) < 4.78 is 5.42. The first-order valence-corrected chi connectivity index (χ1v) is 14.0. The number of carbonyl (C=O) groups is 3. The highest BCUT2D eigenvalue weighted by Gasteiger charge is 2.34. The Morgan fingerprint density at radius 2 is 1.55 bits per heavy atom. The van der Waals surface area contributed by atoms with Crippen molar-refractivity contribution in [3.63, 3.8) is 0 Å². The summed E-state index contributed by atoms with van der Waals surface area (Å²) in [7, 11) is 0. The lowest BCUT2D eigenvalue weighted by Gasteiger charge is -2.27. The van der Waals surface area contributed by atoms with Crippen molar-refractivity contribution < 1.29 is 19.1 Å². The summed E-state index contributed by atoms with van der Waals surface area (Å²) in [6, 6.07) is 28.8. The van der Waals surface area contributed by atoms with Crippen LogP contribution >= 0.6 is 0 Å². The van der Waals surface area contributed by atoms with Crippen LogP contribution in [0.15, 0.2) is 96.7 Å². The smallest absolute Gasteiger partial charge is 0.254 e. The molecule has 2 aliphatic heterocycles. The number of anilines is 1. The molecule has 5 aromatic rings. The number of amides is 2. The van der Waals surface area contributed by atoms with Gasteiger partial charge in [-0.15, -0.1) is 0 Å². The third kappa shape index (κ3) is 4.35. The largest absolute Gasteiger partial charge is 0.378 e. The van der Waals surface area contributed by atoms with Gasteiger partial charge in [0.05, 0.1) is 35.8 Å². The molecule has 1 fully saturated rings. The molecule has 0 aliphatic carbocycles. The Hall–Kier alpha value is -5.14. The van der Waals surface area contributed by atoms with E-state index in [0.29, 0.717) is 54.3 Å². The lowest BCUT2D eigenvalue weighted by Crippen LogP contribution is -2.40. The zero-order valence-corrected chi connectivity index (χ0v) is 23.0. The number of carbonyl (C=O) groups excluding carboxylic acids is 3. The van der Waals surface area contributed by atoms with Crippen LogP contribution in [0.3, 0.4) is 0 Å². The van der Waals surface area contributed by atoms with E-state index in [0.717, 1.165) is 27.3 Å². The van der Waals surface area contributed by atoms with E-state index in [4.69, 9.17) is 9.72 Å². The fourth-order valence-electron chi connectivity index (χ4n) is 5.89. The van der Waals surface area contributed by atoms with Crippen LogP contribution in [-0.4, -0.2) is 53.8 Å². The number of rotatable bonds is 3. The highest BCUT2D eigenvalue weighted by molar-refractivity contribution is 6.27. The fourth-order valence-corrected chi connectivity index (χ4v) is 5.89. The number of Topliss-reactive ketones (excluding diaryl/α,β-unsaturated/α-hetero) is 1. The number of allylic oxidation sites excluding steroid dienone is 1. The number of pyridine rings is 1. The standard InChI is InChI=1S/C35H27N3O4/c1-22(39)38-32-12-5-4-10-28(32)34(40)33(38)21-31-29(27-11-6-8-23-7-2-3-9-26(23)27)20-25-19-24(13-14-30(25)36-31)35(41)37-15-17-42-18-16-37/h2-14,19-21H,15-18H2,1H3/b33-21-. The first kappa shape index (κ1) is 25.8. The monoisotopic (exact) mass is 553 g/mol. The van der Waals surface area contributed by atoms with Crippen molar-refractivity contribution in [2.45, 2.75) is 6.92 Å². The van der Waals surface area contributed by atoms with E-state index in [1.54, 1.807) is 30.3 Å². The summed E-state index contributed by atoms with van der Waals surface area (Å²) in [4.78, 5) is 47.9. The van der Waals surface area contributed by atoms with Crippen molar-refractivity contribution in [3.05, 3.63) is 114 Å². The van der Waals surface area contributed by atoms with Gasteiger partial charge in [0.2, 0.25) is 11.7 Å². The molecule has 0 N–H and O–H groups in total. The number of benzene rings is 4. The molecule has 2 aliphatic rings. The maximum absolute atomic E-state index is 13.6. The van der Waals surface area contributed by atoms with Crippen LogP contribution in [0.1, 0.15) is 33.3 Å². The molecule has 0 saturated carbocycles. The van der Waals surface area contributed by atoms with E-state index in [1.165, 1.54) is 11.8 Å². The quantitative estimate of drug-likeness (QED) is 0.252. The Kier molecular flexibility index (Phi) is 6.36. The minimum atomic E-state index is -0.252. The third-order valence-electron chi connectivity index (χ3n) is 7.92. The van der Waals surface area contributed by atoms with Crippen molar-refractivity contribution >= 4 is 51.0 Å². The van der Waals surface area contributed by atoms with Crippen LogP contribution in [0.2, 0.25) is 0 Å². The van der Waals surface area contributed by atoms with Crippen molar-refractivity contribution in [3.8, 4) is 11.1 Å². The highest BCUT2D eigenvalue weighted by atomic mass is 16.5. The summed E-state index contributed by atoms with van der Waals surface area (Å²) in [6.45, 7) is 3.64. The van der Waals surface area contributed by atoms with Gasteiger partial charge in [0, 0.05) is 42.1 Å². The van der Waals surface area contributed by atoms with Crippen LogP contribution in [0.5, 0.6) is 0 Å². The number of morpholine rings is 1. The molecule has 7 heteroatoms. The van der Waals surface area contributed by atoms with Crippen LogP contribution in [0, 0.1) is 0 Å². The molecule has 0 atom stereocenters. The summed E-state index contributed by atoms with van der Waals surface area (Å²) in [5.74, 6) is -0.513. The number of nitrogens with zero attached hydrogens (tertiary/aromatic N) is 3. The normalized spacial score (nSPS) is 15.9. The topological polar surface area (TPSA) is 79.8 Å². The average Bonchev–Trinajstić information content (AvgIpc) is 3.31. The molecule has 7 rings (SSSR count). The van der Waals surface area contributed by atoms with E-state index >= 15 is 0 Å². The minimum Gasteiger partial charge on any atom is -0.378 e. The summed E-state index contributed by atoms with van der Waals surface area (Å²) in [6.07, 6.45) is 1.72. The van der Waals surface area contributed by atoms with Gasteiger partial charge in [-0.25, -0.2) is 4.98 Å².